The quantitative estimate of drug-likeness (QED) is 0.838. The molecule has 23 heavy (non-hydrogen) atoms. The molecular formula is C19H25NO3. The van der Waals surface area contributed by atoms with Crippen LogP contribution in [0.5, 0.6) is 0 Å². The van der Waals surface area contributed by atoms with Crippen molar-refractivity contribution in [3.63, 3.8) is 0 Å². The van der Waals surface area contributed by atoms with Gasteiger partial charge in [0.1, 0.15) is 0 Å². The van der Waals surface area contributed by atoms with Gasteiger partial charge in [0.25, 0.3) is 0 Å². The molecule has 0 heterocycles. The van der Waals surface area contributed by atoms with Crippen LogP contribution in [-0.2, 0) is 16.1 Å². The molecule has 2 fully saturated rings. The fourth-order valence-electron chi connectivity index (χ4n) is 3.53. The van der Waals surface area contributed by atoms with Gasteiger partial charge in [-0.2, -0.15) is 0 Å². The highest BCUT2D eigenvalue weighted by molar-refractivity contribution is 5.86. The molecule has 2 saturated carbocycles. The topological polar surface area (TPSA) is 57.6 Å². The van der Waals surface area contributed by atoms with Crippen LogP contribution >= 0.6 is 0 Å². The molecule has 1 amide bonds. The van der Waals surface area contributed by atoms with Crippen molar-refractivity contribution in [2.24, 2.45) is 11.3 Å². The van der Waals surface area contributed by atoms with E-state index in [9.17, 15) is 14.7 Å². The number of carbonyl (C=O) groups excluding carboxylic acids is 1. The Morgan fingerprint density at radius 2 is 1.91 bits per heavy atom. The molecule has 0 aliphatic heterocycles. The minimum absolute atomic E-state index is 0.00430. The maximum atomic E-state index is 12.9. The number of amides is 1. The van der Waals surface area contributed by atoms with Gasteiger partial charge < -0.3 is 10.0 Å². The summed E-state index contributed by atoms with van der Waals surface area (Å²) in [7, 11) is 0. The van der Waals surface area contributed by atoms with Gasteiger partial charge in [0, 0.05) is 19.0 Å². The summed E-state index contributed by atoms with van der Waals surface area (Å²) < 4.78 is 0. The Kier molecular flexibility index (Phi) is 4.42. The van der Waals surface area contributed by atoms with E-state index in [0.29, 0.717) is 25.3 Å². The number of carboxylic acid groups (broad SMARTS) is 1. The van der Waals surface area contributed by atoms with Crippen LogP contribution in [0.15, 0.2) is 30.3 Å². The molecule has 1 unspecified atom stereocenters. The van der Waals surface area contributed by atoms with E-state index >= 15 is 0 Å². The molecule has 1 aromatic rings. The lowest BCUT2D eigenvalue weighted by atomic mass is 9.66. The first-order chi connectivity index (χ1) is 11.0. The zero-order valence-corrected chi connectivity index (χ0v) is 13.7. The Hall–Kier alpha value is -1.84. The maximum Gasteiger partial charge on any atom is 0.310 e. The number of hydrogen-bond acceptors (Lipinski definition) is 2. The van der Waals surface area contributed by atoms with Gasteiger partial charge in [-0.3, -0.25) is 9.59 Å². The van der Waals surface area contributed by atoms with E-state index in [0.717, 1.165) is 12.0 Å². The van der Waals surface area contributed by atoms with E-state index in [1.54, 1.807) is 0 Å². The van der Waals surface area contributed by atoms with Crippen molar-refractivity contribution in [1.82, 2.24) is 4.90 Å². The van der Waals surface area contributed by atoms with E-state index in [1.807, 2.05) is 35.2 Å². The normalized spacial score (nSPS) is 20.4. The molecule has 2 aliphatic rings. The number of aliphatic carboxylic acids is 1. The van der Waals surface area contributed by atoms with Gasteiger partial charge in [-0.15, -0.1) is 0 Å². The van der Waals surface area contributed by atoms with Crippen molar-refractivity contribution in [2.75, 3.05) is 0 Å². The van der Waals surface area contributed by atoms with E-state index in [-0.39, 0.29) is 18.4 Å². The van der Waals surface area contributed by atoms with Crippen molar-refractivity contribution in [1.29, 1.82) is 0 Å². The first-order valence-electron chi connectivity index (χ1n) is 8.59. The molecule has 1 aromatic carbocycles. The van der Waals surface area contributed by atoms with Gasteiger partial charge in [0.05, 0.1) is 5.41 Å². The summed E-state index contributed by atoms with van der Waals surface area (Å²) in [6.07, 6.45) is 4.66. The highest BCUT2D eigenvalue weighted by Gasteiger charge is 2.47. The minimum atomic E-state index is -0.810. The van der Waals surface area contributed by atoms with E-state index in [4.69, 9.17) is 0 Å². The third-order valence-electron chi connectivity index (χ3n) is 5.57. The lowest BCUT2D eigenvalue weighted by Gasteiger charge is -2.39. The van der Waals surface area contributed by atoms with Gasteiger partial charge in [-0.1, -0.05) is 36.8 Å². The summed E-state index contributed by atoms with van der Waals surface area (Å²) in [5.74, 6) is -0.240. The molecule has 0 radical (unpaired) electrons. The summed E-state index contributed by atoms with van der Waals surface area (Å²) in [6, 6.07) is 10.2. The average molecular weight is 315 g/mol. The van der Waals surface area contributed by atoms with Gasteiger partial charge in [-0.05, 0) is 44.1 Å². The van der Waals surface area contributed by atoms with Crippen molar-refractivity contribution in [2.45, 2.75) is 58.0 Å². The Balaban J connectivity index is 1.74. The summed E-state index contributed by atoms with van der Waals surface area (Å²) in [6.45, 7) is 2.68. The van der Waals surface area contributed by atoms with Crippen LogP contribution in [0.25, 0.3) is 0 Å². The molecule has 0 bridgehead atoms. The molecule has 4 heteroatoms. The fourth-order valence-corrected chi connectivity index (χ4v) is 3.53. The minimum Gasteiger partial charge on any atom is -0.481 e. The third kappa shape index (κ3) is 3.41. The second-order valence-corrected chi connectivity index (χ2v) is 7.20. The molecule has 2 aliphatic carbocycles. The molecule has 0 spiro atoms. The van der Waals surface area contributed by atoms with Crippen LogP contribution in [0.3, 0.4) is 0 Å². The Labute approximate surface area is 137 Å². The van der Waals surface area contributed by atoms with Crippen LogP contribution in [0, 0.1) is 11.3 Å². The van der Waals surface area contributed by atoms with Gasteiger partial charge >= 0.3 is 5.97 Å². The van der Waals surface area contributed by atoms with Crippen LogP contribution in [0.1, 0.15) is 51.0 Å². The molecule has 0 aromatic heterocycles. The second kappa shape index (κ2) is 6.34. The summed E-state index contributed by atoms with van der Waals surface area (Å²) in [4.78, 5) is 26.4. The molecule has 124 valence electrons. The smallest absolute Gasteiger partial charge is 0.310 e. The lowest BCUT2D eigenvalue weighted by Crippen LogP contribution is -2.46. The van der Waals surface area contributed by atoms with Crippen molar-refractivity contribution >= 4 is 11.9 Å². The van der Waals surface area contributed by atoms with Crippen LogP contribution in [0.2, 0.25) is 0 Å². The molecule has 1 atom stereocenters. The molecule has 0 saturated heterocycles. The van der Waals surface area contributed by atoms with Crippen LogP contribution < -0.4 is 0 Å². The summed E-state index contributed by atoms with van der Waals surface area (Å²) in [5.41, 5.74) is 0.293. The number of benzene rings is 1. The van der Waals surface area contributed by atoms with Crippen molar-refractivity contribution in [3.8, 4) is 0 Å². The molecule has 1 N–H and O–H groups in total. The number of carbonyl (C=O) groups is 2. The Bertz CT molecular complexity index is 576. The predicted octanol–water partition coefficient (Wildman–Crippen LogP) is 3.46. The third-order valence-corrected chi connectivity index (χ3v) is 5.57. The van der Waals surface area contributed by atoms with E-state index < -0.39 is 11.4 Å². The number of hydrogen-bond donors (Lipinski definition) is 1. The van der Waals surface area contributed by atoms with Crippen LogP contribution in [0.4, 0.5) is 0 Å². The van der Waals surface area contributed by atoms with Gasteiger partial charge in [0.15, 0.2) is 0 Å². The maximum absolute atomic E-state index is 12.9. The zero-order chi connectivity index (χ0) is 16.4. The number of carboxylic acids is 1. The molecular weight excluding hydrogens is 290 g/mol. The summed E-state index contributed by atoms with van der Waals surface area (Å²) >= 11 is 0. The first-order valence-corrected chi connectivity index (χ1v) is 8.59. The average Bonchev–Trinajstić information content (AvgIpc) is 3.33. The monoisotopic (exact) mass is 315 g/mol. The van der Waals surface area contributed by atoms with E-state index in [1.165, 1.54) is 12.8 Å². The summed E-state index contributed by atoms with van der Waals surface area (Å²) in [5, 5.41) is 9.49. The SMILES string of the molecule is CC(C1CC1)N(Cc1ccccc1)C(=O)CC1(C(=O)O)CCC1. The van der Waals surface area contributed by atoms with E-state index in [2.05, 4.69) is 6.92 Å². The Morgan fingerprint density at radius 3 is 2.39 bits per heavy atom. The molecule has 3 rings (SSSR count). The predicted molar refractivity (Wildman–Crippen MR) is 87.7 cm³/mol. The van der Waals surface area contributed by atoms with Gasteiger partial charge in [-0.25, -0.2) is 0 Å². The highest BCUT2D eigenvalue weighted by Crippen LogP contribution is 2.45. The number of rotatable bonds is 7. The number of nitrogens with zero attached hydrogens (tertiary/aromatic N) is 1. The van der Waals surface area contributed by atoms with Gasteiger partial charge in [0.2, 0.25) is 5.91 Å². The lowest BCUT2D eigenvalue weighted by molar-refractivity contribution is -0.160. The van der Waals surface area contributed by atoms with Crippen molar-refractivity contribution < 1.29 is 14.7 Å². The first kappa shape index (κ1) is 16.0. The second-order valence-electron chi connectivity index (χ2n) is 7.20. The van der Waals surface area contributed by atoms with Crippen LogP contribution in [-0.4, -0.2) is 27.9 Å². The molecule has 4 nitrogen and oxygen atoms in total. The Morgan fingerprint density at radius 1 is 1.26 bits per heavy atom. The largest absolute Gasteiger partial charge is 0.481 e. The standard InChI is InChI=1S/C19H25NO3/c1-14(16-8-9-16)20(13-15-6-3-2-4-7-15)17(21)12-19(18(22)23)10-5-11-19/h2-4,6-7,14,16H,5,8-13H2,1H3,(H,22,23). The van der Waals surface area contributed by atoms with Crippen molar-refractivity contribution in [3.05, 3.63) is 35.9 Å². The zero-order valence-electron chi connectivity index (χ0n) is 13.7. The fraction of sp³-hybridized carbons (Fsp3) is 0.579. The highest BCUT2D eigenvalue weighted by atomic mass is 16.4.